The number of aromatic nitrogens is 1. The number of hydrogen-bond acceptors (Lipinski definition) is 7. The van der Waals surface area contributed by atoms with Crippen molar-refractivity contribution < 1.29 is 17.7 Å². The van der Waals surface area contributed by atoms with Gasteiger partial charge in [0, 0.05) is 45.0 Å². The Morgan fingerprint density at radius 3 is 2.37 bits per heavy atom. The lowest BCUT2D eigenvalue weighted by atomic mass is 10.2. The molecule has 1 aromatic heterocycles. The fourth-order valence-corrected chi connectivity index (χ4v) is 4.64. The first kappa shape index (κ1) is 19.7. The second-order valence-corrected chi connectivity index (χ2v) is 8.28. The van der Waals surface area contributed by atoms with Gasteiger partial charge in [-0.25, -0.2) is 13.1 Å². The summed E-state index contributed by atoms with van der Waals surface area (Å²) in [6.45, 7) is 7.84. The van der Waals surface area contributed by atoms with Crippen LogP contribution in [0.25, 0.3) is 0 Å². The van der Waals surface area contributed by atoms with Gasteiger partial charge in [0.1, 0.15) is 16.3 Å². The van der Waals surface area contributed by atoms with Gasteiger partial charge >= 0.3 is 0 Å². The molecule has 0 aliphatic carbocycles. The van der Waals surface area contributed by atoms with E-state index < -0.39 is 10.0 Å². The van der Waals surface area contributed by atoms with E-state index in [0.717, 1.165) is 31.9 Å². The number of sulfonamides is 1. The van der Waals surface area contributed by atoms with Crippen LogP contribution in [-0.2, 0) is 10.0 Å². The lowest BCUT2D eigenvalue weighted by Crippen LogP contribution is -2.48. The minimum atomic E-state index is -3.59. The lowest BCUT2D eigenvalue weighted by molar-refractivity contribution is 0.262. The third-order valence-corrected chi connectivity index (χ3v) is 6.47. The van der Waals surface area contributed by atoms with Crippen LogP contribution >= 0.6 is 0 Å². The molecule has 1 aliphatic heterocycles. The molecule has 2 heterocycles. The molecule has 0 unspecified atom stereocenters. The summed E-state index contributed by atoms with van der Waals surface area (Å²) in [4.78, 5) is 4.73. The standard InChI is InChI=1S/C18H26N4O4S/c1-14-18(15(2)26-20-14)27(23,24)19-8-9-21-10-12-22(13-11-21)16-4-6-17(25-3)7-5-16/h4-7,19H,8-13H2,1-3H3. The topological polar surface area (TPSA) is 87.9 Å². The summed E-state index contributed by atoms with van der Waals surface area (Å²) in [5, 5.41) is 3.71. The number of anilines is 1. The molecule has 0 atom stereocenters. The molecule has 0 radical (unpaired) electrons. The van der Waals surface area contributed by atoms with Gasteiger partial charge in [-0.3, -0.25) is 4.90 Å². The van der Waals surface area contributed by atoms with Crippen LogP contribution in [0.2, 0.25) is 0 Å². The van der Waals surface area contributed by atoms with E-state index >= 15 is 0 Å². The zero-order valence-electron chi connectivity index (χ0n) is 15.9. The highest BCUT2D eigenvalue weighted by molar-refractivity contribution is 7.89. The molecule has 1 N–H and O–H groups in total. The molecule has 1 fully saturated rings. The van der Waals surface area contributed by atoms with Crippen molar-refractivity contribution in [2.24, 2.45) is 0 Å². The van der Waals surface area contributed by atoms with Crippen molar-refractivity contribution in [2.45, 2.75) is 18.7 Å². The SMILES string of the molecule is COc1ccc(N2CCN(CCNS(=O)(=O)c3c(C)noc3C)CC2)cc1. The molecule has 0 spiro atoms. The van der Waals surface area contributed by atoms with Gasteiger partial charge in [-0.1, -0.05) is 5.16 Å². The van der Waals surface area contributed by atoms with Gasteiger partial charge in [0.15, 0.2) is 5.76 Å². The van der Waals surface area contributed by atoms with E-state index in [1.807, 2.05) is 12.1 Å². The Labute approximate surface area is 160 Å². The molecule has 8 nitrogen and oxygen atoms in total. The zero-order valence-corrected chi connectivity index (χ0v) is 16.8. The van der Waals surface area contributed by atoms with E-state index in [0.29, 0.717) is 24.5 Å². The molecule has 2 aromatic rings. The van der Waals surface area contributed by atoms with Gasteiger partial charge < -0.3 is 14.2 Å². The Morgan fingerprint density at radius 2 is 1.81 bits per heavy atom. The number of nitrogens with zero attached hydrogens (tertiary/aromatic N) is 3. The first-order valence-electron chi connectivity index (χ1n) is 8.94. The molecule has 1 aromatic carbocycles. The van der Waals surface area contributed by atoms with Crippen LogP contribution in [0.1, 0.15) is 11.5 Å². The van der Waals surface area contributed by atoms with Crippen molar-refractivity contribution in [3.05, 3.63) is 35.7 Å². The van der Waals surface area contributed by atoms with Crippen LogP contribution < -0.4 is 14.4 Å². The van der Waals surface area contributed by atoms with Gasteiger partial charge in [-0.05, 0) is 38.1 Å². The summed E-state index contributed by atoms with van der Waals surface area (Å²) in [5.74, 6) is 1.16. The van der Waals surface area contributed by atoms with Crippen LogP contribution in [0.4, 0.5) is 5.69 Å². The summed E-state index contributed by atoms with van der Waals surface area (Å²) >= 11 is 0. The average Bonchev–Trinajstić information content (AvgIpc) is 3.01. The highest BCUT2D eigenvalue weighted by Crippen LogP contribution is 2.21. The minimum absolute atomic E-state index is 0.145. The smallest absolute Gasteiger partial charge is 0.246 e. The van der Waals surface area contributed by atoms with Crippen LogP contribution in [0.15, 0.2) is 33.7 Å². The molecule has 9 heteroatoms. The number of piperazine rings is 1. The number of hydrogen-bond donors (Lipinski definition) is 1. The van der Waals surface area contributed by atoms with E-state index in [1.165, 1.54) is 5.69 Å². The molecule has 1 aliphatic rings. The molecule has 0 saturated carbocycles. The van der Waals surface area contributed by atoms with Crippen molar-refractivity contribution in [3.63, 3.8) is 0 Å². The fourth-order valence-electron chi connectivity index (χ4n) is 3.29. The average molecular weight is 394 g/mol. The molecule has 3 rings (SSSR count). The maximum absolute atomic E-state index is 12.4. The molecule has 148 valence electrons. The van der Waals surface area contributed by atoms with Crippen LogP contribution in [0, 0.1) is 13.8 Å². The number of nitrogens with one attached hydrogen (secondary N) is 1. The van der Waals surface area contributed by atoms with Crippen molar-refractivity contribution in [2.75, 3.05) is 51.3 Å². The second-order valence-electron chi connectivity index (χ2n) is 6.58. The normalized spacial score (nSPS) is 15.9. The highest BCUT2D eigenvalue weighted by Gasteiger charge is 2.24. The van der Waals surface area contributed by atoms with Crippen molar-refractivity contribution in [1.82, 2.24) is 14.8 Å². The summed E-state index contributed by atoms with van der Waals surface area (Å²) in [5.41, 5.74) is 1.56. The van der Waals surface area contributed by atoms with Crippen molar-refractivity contribution in [1.29, 1.82) is 0 Å². The Balaban J connectivity index is 1.47. The van der Waals surface area contributed by atoms with Gasteiger partial charge in [-0.15, -0.1) is 0 Å². The third kappa shape index (κ3) is 4.60. The van der Waals surface area contributed by atoms with E-state index in [1.54, 1.807) is 21.0 Å². The van der Waals surface area contributed by atoms with Gasteiger partial charge in [0.25, 0.3) is 0 Å². The summed E-state index contributed by atoms with van der Waals surface area (Å²) in [6, 6.07) is 8.05. The van der Waals surface area contributed by atoms with Gasteiger partial charge in [0.05, 0.1) is 7.11 Å². The highest BCUT2D eigenvalue weighted by atomic mass is 32.2. The lowest BCUT2D eigenvalue weighted by Gasteiger charge is -2.36. The van der Waals surface area contributed by atoms with Crippen molar-refractivity contribution in [3.8, 4) is 5.75 Å². The van der Waals surface area contributed by atoms with Crippen molar-refractivity contribution >= 4 is 15.7 Å². The van der Waals surface area contributed by atoms with E-state index in [9.17, 15) is 8.42 Å². The Bertz CT molecular complexity index is 836. The maximum atomic E-state index is 12.4. The fraction of sp³-hybridized carbons (Fsp3) is 0.500. The number of ether oxygens (including phenoxy) is 1. The van der Waals surface area contributed by atoms with Gasteiger partial charge in [0.2, 0.25) is 10.0 Å². The Morgan fingerprint density at radius 1 is 1.15 bits per heavy atom. The predicted molar refractivity (Wildman–Crippen MR) is 103 cm³/mol. The predicted octanol–water partition coefficient (Wildman–Crippen LogP) is 1.40. The summed E-state index contributed by atoms with van der Waals surface area (Å²) in [6.07, 6.45) is 0. The van der Waals surface area contributed by atoms with Crippen LogP contribution in [-0.4, -0.2) is 64.9 Å². The minimum Gasteiger partial charge on any atom is -0.497 e. The van der Waals surface area contributed by atoms with Crippen LogP contribution in [0.3, 0.4) is 0 Å². The maximum Gasteiger partial charge on any atom is 0.246 e. The monoisotopic (exact) mass is 394 g/mol. The molecule has 0 amide bonds. The first-order chi connectivity index (χ1) is 12.9. The number of benzene rings is 1. The second kappa shape index (κ2) is 8.28. The molecule has 0 bridgehead atoms. The van der Waals surface area contributed by atoms with E-state index in [2.05, 4.69) is 31.8 Å². The third-order valence-electron chi connectivity index (χ3n) is 4.77. The quantitative estimate of drug-likeness (QED) is 0.759. The summed E-state index contributed by atoms with van der Waals surface area (Å²) in [7, 11) is -1.93. The number of methoxy groups -OCH3 is 1. The summed E-state index contributed by atoms with van der Waals surface area (Å²) < 4.78 is 37.6. The van der Waals surface area contributed by atoms with E-state index in [4.69, 9.17) is 9.26 Å². The first-order valence-corrected chi connectivity index (χ1v) is 10.4. The number of rotatable bonds is 7. The van der Waals surface area contributed by atoms with Gasteiger partial charge in [-0.2, -0.15) is 0 Å². The van der Waals surface area contributed by atoms with E-state index in [-0.39, 0.29) is 4.90 Å². The largest absolute Gasteiger partial charge is 0.497 e. The number of aryl methyl sites for hydroxylation is 2. The molecule has 27 heavy (non-hydrogen) atoms. The Kier molecular flexibility index (Phi) is 6.03. The van der Waals surface area contributed by atoms with Crippen LogP contribution in [0.5, 0.6) is 5.75 Å². The zero-order chi connectivity index (χ0) is 19.4. The molecular weight excluding hydrogens is 368 g/mol. The molecular formula is C18H26N4O4S. The molecule has 1 saturated heterocycles. The Hall–Kier alpha value is -2.10.